The second-order valence-corrected chi connectivity index (χ2v) is 10.5. The van der Waals surface area contributed by atoms with E-state index in [9.17, 15) is 13.2 Å². The zero-order chi connectivity index (χ0) is 21.4. The number of aromatic nitrogens is 1. The molecule has 156 valence electrons. The van der Waals surface area contributed by atoms with Crippen LogP contribution in [0.5, 0.6) is 0 Å². The molecule has 1 saturated heterocycles. The number of nitrogens with zero attached hydrogens (tertiary/aromatic N) is 3. The minimum atomic E-state index is -3.61. The molecule has 6 nitrogen and oxygen atoms in total. The molecule has 3 rings (SSSR count). The number of benzene rings is 1. The second kappa shape index (κ2) is 7.88. The molecule has 2 aromatic rings. The SMILES string of the molecule is Cc1cc(C(C)(C)C)cc(C)c1S(=O)(=O)N1CCN(C(=O)c2ccncc2)CC1. The van der Waals surface area contributed by atoms with E-state index in [2.05, 4.69) is 25.8 Å². The Balaban J connectivity index is 1.79. The highest BCUT2D eigenvalue weighted by Gasteiger charge is 2.33. The third-order valence-corrected chi connectivity index (χ3v) is 7.58. The number of hydrogen-bond donors (Lipinski definition) is 0. The quantitative estimate of drug-likeness (QED) is 0.772. The Morgan fingerprint density at radius 2 is 1.48 bits per heavy atom. The molecule has 1 aliphatic rings. The Bertz CT molecular complexity index is 980. The van der Waals surface area contributed by atoms with Crippen LogP contribution >= 0.6 is 0 Å². The van der Waals surface area contributed by atoms with Crippen molar-refractivity contribution in [2.75, 3.05) is 26.2 Å². The standard InChI is InChI=1S/C22H29N3O3S/c1-16-14-19(22(3,4)5)15-17(2)20(16)29(27,28)25-12-10-24(11-13-25)21(26)18-6-8-23-9-7-18/h6-9,14-15H,10-13H2,1-5H3. The highest BCUT2D eigenvalue weighted by Crippen LogP contribution is 2.31. The van der Waals surface area contributed by atoms with Crippen molar-refractivity contribution in [2.45, 2.75) is 44.9 Å². The fourth-order valence-electron chi connectivity index (χ4n) is 3.73. The van der Waals surface area contributed by atoms with Crippen LogP contribution < -0.4 is 0 Å². The van der Waals surface area contributed by atoms with Crippen LogP contribution in [0.15, 0.2) is 41.6 Å². The van der Waals surface area contributed by atoms with E-state index in [1.807, 2.05) is 26.0 Å². The van der Waals surface area contributed by atoms with Crippen LogP contribution in [-0.2, 0) is 15.4 Å². The van der Waals surface area contributed by atoms with Crippen LogP contribution in [0, 0.1) is 13.8 Å². The summed E-state index contributed by atoms with van der Waals surface area (Å²) in [6.07, 6.45) is 3.17. The fraction of sp³-hybridized carbons (Fsp3) is 0.455. The summed E-state index contributed by atoms with van der Waals surface area (Å²) >= 11 is 0. The van der Waals surface area contributed by atoms with Gasteiger partial charge in [-0.25, -0.2) is 8.42 Å². The van der Waals surface area contributed by atoms with Crippen LogP contribution in [-0.4, -0.2) is 54.7 Å². The first-order valence-corrected chi connectivity index (χ1v) is 11.3. The number of carbonyl (C=O) groups is 1. The number of pyridine rings is 1. The number of sulfonamides is 1. The third-order valence-electron chi connectivity index (χ3n) is 5.38. The normalized spacial score (nSPS) is 16.1. The topological polar surface area (TPSA) is 70.6 Å². The number of piperazine rings is 1. The van der Waals surface area contributed by atoms with Gasteiger partial charge in [0.2, 0.25) is 10.0 Å². The predicted octanol–water partition coefficient (Wildman–Crippen LogP) is 3.14. The van der Waals surface area contributed by atoms with Gasteiger partial charge in [-0.3, -0.25) is 9.78 Å². The Hall–Kier alpha value is -2.25. The number of carbonyl (C=O) groups excluding carboxylic acids is 1. The zero-order valence-corrected chi connectivity index (χ0v) is 18.6. The van der Waals surface area contributed by atoms with Crippen molar-refractivity contribution in [3.63, 3.8) is 0 Å². The molecule has 0 radical (unpaired) electrons. The van der Waals surface area contributed by atoms with Crippen molar-refractivity contribution in [1.29, 1.82) is 0 Å². The highest BCUT2D eigenvalue weighted by atomic mass is 32.2. The van der Waals surface area contributed by atoms with Gasteiger partial charge in [0.05, 0.1) is 4.90 Å². The van der Waals surface area contributed by atoms with Crippen LogP contribution in [0.25, 0.3) is 0 Å². The van der Waals surface area contributed by atoms with Gasteiger partial charge in [0, 0.05) is 44.1 Å². The molecule has 2 heterocycles. The van der Waals surface area contributed by atoms with Gasteiger partial charge in [-0.15, -0.1) is 0 Å². The van der Waals surface area contributed by atoms with Gasteiger partial charge in [-0.1, -0.05) is 32.9 Å². The van der Waals surface area contributed by atoms with E-state index in [-0.39, 0.29) is 11.3 Å². The zero-order valence-electron chi connectivity index (χ0n) is 17.8. The molecule has 7 heteroatoms. The minimum absolute atomic E-state index is 0.0449. The minimum Gasteiger partial charge on any atom is -0.336 e. The lowest BCUT2D eigenvalue weighted by atomic mass is 9.85. The highest BCUT2D eigenvalue weighted by molar-refractivity contribution is 7.89. The Kier molecular flexibility index (Phi) is 5.83. The smallest absolute Gasteiger partial charge is 0.254 e. The van der Waals surface area contributed by atoms with Crippen LogP contribution in [0.4, 0.5) is 0 Å². The lowest BCUT2D eigenvalue weighted by Gasteiger charge is -2.34. The van der Waals surface area contributed by atoms with Gasteiger partial charge in [0.25, 0.3) is 5.91 Å². The summed E-state index contributed by atoms with van der Waals surface area (Å²) in [5.41, 5.74) is 3.19. The molecule has 0 spiro atoms. The van der Waals surface area contributed by atoms with Gasteiger partial charge in [0.15, 0.2) is 0 Å². The van der Waals surface area contributed by atoms with E-state index >= 15 is 0 Å². The van der Waals surface area contributed by atoms with E-state index in [0.717, 1.165) is 16.7 Å². The molecular formula is C22H29N3O3S. The lowest BCUT2D eigenvalue weighted by molar-refractivity contribution is 0.0697. The first-order valence-electron chi connectivity index (χ1n) is 9.83. The third kappa shape index (κ3) is 4.36. The number of rotatable bonds is 3. The number of aryl methyl sites for hydroxylation is 2. The Labute approximate surface area is 173 Å². The molecule has 0 saturated carbocycles. The van der Waals surface area contributed by atoms with Crippen LogP contribution in [0.1, 0.15) is 47.8 Å². The molecule has 1 aromatic heterocycles. The van der Waals surface area contributed by atoms with E-state index in [1.165, 1.54) is 4.31 Å². The first kappa shape index (κ1) is 21.5. The van der Waals surface area contributed by atoms with Gasteiger partial charge in [-0.05, 0) is 48.1 Å². The summed E-state index contributed by atoms with van der Waals surface area (Å²) in [4.78, 5) is 18.6. The fourth-order valence-corrected chi connectivity index (χ4v) is 5.56. The molecule has 0 atom stereocenters. The molecule has 1 aromatic carbocycles. The number of hydrogen-bond acceptors (Lipinski definition) is 4. The van der Waals surface area contributed by atoms with Crippen molar-refractivity contribution in [3.05, 3.63) is 58.9 Å². The number of amides is 1. The monoisotopic (exact) mass is 415 g/mol. The lowest BCUT2D eigenvalue weighted by Crippen LogP contribution is -2.50. The molecule has 29 heavy (non-hydrogen) atoms. The molecule has 1 amide bonds. The van der Waals surface area contributed by atoms with Gasteiger partial charge < -0.3 is 4.90 Å². The van der Waals surface area contributed by atoms with Crippen molar-refractivity contribution >= 4 is 15.9 Å². The summed E-state index contributed by atoms with van der Waals surface area (Å²) in [6, 6.07) is 7.30. The molecule has 1 fully saturated rings. The van der Waals surface area contributed by atoms with Crippen molar-refractivity contribution in [2.24, 2.45) is 0 Å². The van der Waals surface area contributed by atoms with E-state index in [0.29, 0.717) is 36.6 Å². The molecular weight excluding hydrogens is 386 g/mol. The maximum Gasteiger partial charge on any atom is 0.254 e. The van der Waals surface area contributed by atoms with Crippen molar-refractivity contribution in [1.82, 2.24) is 14.2 Å². The predicted molar refractivity (Wildman–Crippen MR) is 114 cm³/mol. The molecule has 0 unspecified atom stereocenters. The summed E-state index contributed by atoms with van der Waals surface area (Å²) in [7, 11) is -3.61. The largest absolute Gasteiger partial charge is 0.336 e. The molecule has 1 aliphatic heterocycles. The van der Waals surface area contributed by atoms with Gasteiger partial charge in [-0.2, -0.15) is 4.31 Å². The Morgan fingerprint density at radius 3 is 1.97 bits per heavy atom. The molecule has 0 N–H and O–H groups in total. The summed E-state index contributed by atoms with van der Waals surface area (Å²) in [5.74, 6) is -0.0914. The summed E-state index contributed by atoms with van der Waals surface area (Å²) in [6.45, 7) is 11.4. The van der Waals surface area contributed by atoms with E-state index in [1.54, 1.807) is 29.4 Å². The second-order valence-electron chi connectivity index (χ2n) is 8.62. The van der Waals surface area contributed by atoms with Gasteiger partial charge >= 0.3 is 0 Å². The van der Waals surface area contributed by atoms with Crippen molar-refractivity contribution in [3.8, 4) is 0 Å². The maximum absolute atomic E-state index is 13.4. The average Bonchev–Trinajstić information content (AvgIpc) is 2.66. The summed E-state index contributed by atoms with van der Waals surface area (Å²) < 4.78 is 28.2. The maximum atomic E-state index is 13.4. The average molecular weight is 416 g/mol. The summed E-state index contributed by atoms with van der Waals surface area (Å²) in [5, 5.41) is 0. The molecule has 0 bridgehead atoms. The van der Waals surface area contributed by atoms with Gasteiger partial charge in [0.1, 0.15) is 0 Å². The van der Waals surface area contributed by atoms with Crippen LogP contribution in [0.2, 0.25) is 0 Å². The first-order chi connectivity index (χ1) is 13.5. The van der Waals surface area contributed by atoms with E-state index < -0.39 is 10.0 Å². The van der Waals surface area contributed by atoms with Crippen molar-refractivity contribution < 1.29 is 13.2 Å². The van der Waals surface area contributed by atoms with E-state index in [4.69, 9.17) is 0 Å². The molecule has 0 aliphatic carbocycles. The Morgan fingerprint density at radius 1 is 0.966 bits per heavy atom. The van der Waals surface area contributed by atoms with Crippen LogP contribution in [0.3, 0.4) is 0 Å².